The fourth-order valence-electron chi connectivity index (χ4n) is 1.69. The normalized spacial score (nSPS) is 11.2. The van der Waals surface area contributed by atoms with Crippen LogP contribution >= 0.6 is 0 Å². The van der Waals surface area contributed by atoms with Crippen LogP contribution in [0.15, 0.2) is 24.3 Å². The molecule has 0 aliphatic heterocycles. The number of halogens is 2. The lowest BCUT2D eigenvalue weighted by molar-refractivity contribution is 0.0746. The number of benzene rings is 1. The first kappa shape index (κ1) is 14.9. The van der Waals surface area contributed by atoms with Crippen molar-refractivity contribution in [1.82, 2.24) is 4.90 Å². The van der Waals surface area contributed by atoms with Gasteiger partial charge in [-0.15, -0.1) is 0 Å². The standard InChI is InChI=1S/C13H19F2NO2/c1-2-18-12-5-3-11(4-6-12)9-16(7-8-17)10-13(14)15/h3-6,13,17H,2,7-10H2,1H3. The third-order valence-corrected chi connectivity index (χ3v) is 2.45. The zero-order valence-corrected chi connectivity index (χ0v) is 10.5. The number of alkyl halides is 2. The van der Waals surface area contributed by atoms with Gasteiger partial charge in [0.15, 0.2) is 0 Å². The van der Waals surface area contributed by atoms with E-state index in [0.29, 0.717) is 13.2 Å². The molecule has 18 heavy (non-hydrogen) atoms. The van der Waals surface area contributed by atoms with Gasteiger partial charge in [0.25, 0.3) is 6.43 Å². The molecule has 0 unspecified atom stereocenters. The van der Waals surface area contributed by atoms with Crippen molar-refractivity contribution in [3.63, 3.8) is 0 Å². The van der Waals surface area contributed by atoms with Crippen LogP contribution in [0.2, 0.25) is 0 Å². The van der Waals surface area contributed by atoms with E-state index < -0.39 is 6.43 Å². The molecule has 0 fully saturated rings. The van der Waals surface area contributed by atoms with Gasteiger partial charge in [0.1, 0.15) is 5.75 Å². The van der Waals surface area contributed by atoms with Crippen LogP contribution in [0.1, 0.15) is 12.5 Å². The summed E-state index contributed by atoms with van der Waals surface area (Å²) in [6.45, 7) is 2.70. The molecule has 0 saturated heterocycles. The smallest absolute Gasteiger partial charge is 0.251 e. The molecule has 0 radical (unpaired) electrons. The minimum Gasteiger partial charge on any atom is -0.494 e. The Bertz CT molecular complexity index is 330. The average Bonchev–Trinajstić information content (AvgIpc) is 2.31. The van der Waals surface area contributed by atoms with Gasteiger partial charge < -0.3 is 9.84 Å². The molecule has 0 aliphatic rings. The van der Waals surface area contributed by atoms with E-state index in [1.165, 1.54) is 4.90 Å². The third-order valence-electron chi connectivity index (χ3n) is 2.45. The van der Waals surface area contributed by atoms with Crippen molar-refractivity contribution in [3.05, 3.63) is 29.8 Å². The van der Waals surface area contributed by atoms with Gasteiger partial charge >= 0.3 is 0 Å². The molecule has 0 bridgehead atoms. The maximum Gasteiger partial charge on any atom is 0.251 e. The minimum atomic E-state index is -2.39. The Morgan fingerprint density at radius 3 is 2.44 bits per heavy atom. The topological polar surface area (TPSA) is 32.7 Å². The van der Waals surface area contributed by atoms with Crippen LogP contribution in [0.4, 0.5) is 8.78 Å². The van der Waals surface area contributed by atoms with E-state index in [2.05, 4.69) is 0 Å². The highest BCUT2D eigenvalue weighted by Crippen LogP contribution is 2.14. The Morgan fingerprint density at radius 1 is 1.28 bits per heavy atom. The highest BCUT2D eigenvalue weighted by atomic mass is 19.3. The van der Waals surface area contributed by atoms with Crippen molar-refractivity contribution in [3.8, 4) is 5.75 Å². The molecular formula is C13H19F2NO2. The minimum absolute atomic E-state index is 0.121. The number of aliphatic hydroxyl groups excluding tert-OH is 1. The van der Waals surface area contributed by atoms with Crippen molar-refractivity contribution < 1.29 is 18.6 Å². The molecule has 0 saturated carbocycles. The fraction of sp³-hybridized carbons (Fsp3) is 0.538. The predicted octanol–water partition coefficient (Wildman–Crippen LogP) is 2.14. The summed E-state index contributed by atoms with van der Waals surface area (Å²) in [7, 11) is 0. The van der Waals surface area contributed by atoms with E-state index >= 15 is 0 Å². The Balaban J connectivity index is 2.56. The number of rotatable bonds is 8. The molecule has 102 valence electrons. The van der Waals surface area contributed by atoms with Crippen LogP contribution in [-0.2, 0) is 6.54 Å². The van der Waals surface area contributed by atoms with Crippen LogP contribution < -0.4 is 4.74 Å². The van der Waals surface area contributed by atoms with Crippen LogP contribution in [-0.4, -0.2) is 42.7 Å². The Morgan fingerprint density at radius 2 is 1.94 bits per heavy atom. The number of hydrogen-bond acceptors (Lipinski definition) is 3. The summed E-state index contributed by atoms with van der Waals surface area (Å²) in [5, 5.41) is 8.84. The largest absolute Gasteiger partial charge is 0.494 e. The molecule has 0 amide bonds. The molecular weight excluding hydrogens is 240 g/mol. The summed E-state index contributed by atoms with van der Waals surface area (Å²) >= 11 is 0. The van der Waals surface area contributed by atoms with Gasteiger partial charge in [0.2, 0.25) is 0 Å². The predicted molar refractivity (Wildman–Crippen MR) is 66.0 cm³/mol. The van der Waals surface area contributed by atoms with Crippen LogP contribution in [0.5, 0.6) is 5.75 Å². The van der Waals surface area contributed by atoms with Crippen LogP contribution in [0.3, 0.4) is 0 Å². The molecule has 5 heteroatoms. The first-order chi connectivity index (χ1) is 8.65. The number of hydrogen-bond donors (Lipinski definition) is 1. The lowest BCUT2D eigenvalue weighted by Gasteiger charge is -2.20. The number of aliphatic hydroxyl groups is 1. The van der Waals surface area contributed by atoms with E-state index in [9.17, 15) is 8.78 Å². The molecule has 1 aromatic rings. The molecule has 1 rings (SSSR count). The highest BCUT2D eigenvalue weighted by molar-refractivity contribution is 5.27. The molecule has 0 spiro atoms. The quantitative estimate of drug-likeness (QED) is 0.776. The zero-order valence-electron chi connectivity index (χ0n) is 10.5. The van der Waals surface area contributed by atoms with Gasteiger partial charge in [-0.25, -0.2) is 8.78 Å². The Kier molecular flexibility index (Phi) is 6.60. The van der Waals surface area contributed by atoms with Gasteiger partial charge in [-0.2, -0.15) is 0 Å². The van der Waals surface area contributed by atoms with Crippen molar-refractivity contribution in [1.29, 1.82) is 0 Å². The van der Waals surface area contributed by atoms with E-state index in [4.69, 9.17) is 9.84 Å². The van der Waals surface area contributed by atoms with E-state index in [1.807, 2.05) is 31.2 Å². The molecule has 0 aromatic heterocycles. The monoisotopic (exact) mass is 259 g/mol. The number of ether oxygens (including phenoxy) is 1. The fourth-order valence-corrected chi connectivity index (χ4v) is 1.69. The Labute approximate surface area is 106 Å². The molecule has 0 heterocycles. The van der Waals surface area contributed by atoms with Crippen molar-refractivity contribution in [2.75, 3.05) is 26.3 Å². The van der Waals surface area contributed by atoms with Gasteiger partial charge in [0, 0.05) is 13.1 Å². The summed E-state index contributed by atoms with van der Waals surface area (Å²) in [5.74, 6) is 0.767. The molecule has 1 N–H and O–H groups in total. The summed E-state index contributed by atoms with van der Waals surface area (Å²) in [5.41, 5.74) is 0.924. The van der Waals surface area contributed by atoms with E-state index in [-0.39, 0.29) is 19.7 Å². The van der Waals surface area contributed by atoms with Crippen LogP contribution in [0, 0.1) is 0 Å². The van der Waals surface area contributed by atoms with Crippen molar-refractivity contribution >= 4 is 0 Å². The highest BCUT2D eigenvalue weighted by Gasteiger charge is 2.11. The number of nitrogens with zero attached hydrogens (tertiary/aromatic N) is 1. The van der Waals surface area contributed by atoms with Gasteiger partial charge in [-0.1, -0.05) is 12.1 Å². The second-order valence-corrected chi connectivity index (χ2v) is 3.93. The van der Waals surface area contributed by atoms with Gasteiger partial charge in [0.05, 0.1) is 19.8 Å². The summed E-state index contributed by atoms with van der Waals surface area (Å²) in [6, 6.07) is 7.33. The average molecular weight is 259 g/mol. The van der Waals surface area contributed by atoms with E-state index in [0.717, 1.165) is 11.3 Å². The van der Waals surface area contributed by atoms with E-state index in [1.54, 1.807) is 0 Å². The first-order valence-electron chi connectivity index (χ1n) is 5.98. The maximum atomic E-state index is 12.3. The molecule has 1 aromatic carbocycles. The second-order valence-electron chi connectivity index (χ2n) is 3.93. The van der Waals surface area contributed by atoms with Crippen LogP contribution in [0.25, 0.3) is 0 Å². The first-order valence-corrected chi connectivity index (χ1v) is 5.98. The summed E-state index contributed by atoms with van der Waals surface area (Å²) in [4.78, 5) is 1.53. The molecule has 3 nitrogen and oxygen atoms in total. The molecule has 0 aliphatic carbocycles. The third kappa shape index (κ3) is 5.42. The lowest BCUT2D eigenvalue weighted by Crippen LogP contribution is -2.31. The van der Waals surface area contributed by atoms with Gasteiger partial charge in [-0.3, -0.25) is 4.90 Å². The zero-order chi connectivity index (χ0) is 13.4. The van der Waals surface area contributed by atoms with Gasteiger partial charge in [-0.05, 0) is 24.6 Å². The van der Waals surface area contributed by atoms with Crippen molar-refractivity contribution in [2.24, 2.45) is 0 Å². The molecule has 0 atom stereocenters. The van der Waals surface area contributed by atoms with Crippen molar-refractivity contribution in [2.45, 2.75) is 19.9 Å². The summed E-state index contributed by atoms with van der Waals surface area (Å²) in [6.07, 6.45) is -2.39. The lowest BCUT2D eigenvalue weighted by atomic mass is 10.2. The second kappa shape index (κ2) is 8.00. The maximum absolute atomic E-state index is 12.3. The SMILES string of the molecule is CCOc1ccc(CN(CCO)CC(F)F)cc1. The summed E-state index contributed by atoms with van der Waals surface area (Å²) < 4.78 is 30.0. The Hall–Kier alpha value is -1.20.